The Morgan fingerprint density at radius 1 is 1.22 bits per heavy atom. The fourth-order valence-corrected chi connectivity index (χ4v) is 3.40. The Morgan fingerprint density at radius 2 is 2.06 bits per heavy atom. The standard InChI is InChI=1S/C14H16N2OS/c15-14-11-2-1-7-16-12(11)3-4-13(14)18-10-5-8-17-9-6-10/h1-4,7,10H,5-6,8-9,15H2. The molecule has 0 unspecified atom stereocenters. The van der Waals surface area contributed by atoms with Crippen LogP contribution < -0.4 is 5.73 Å². The third-order valence-electron chi connectivity index (χ3n) is 3.25. The molecule has 2 aromatic rings. The Balaban J connectivity index is 1.89. The average molecular weight is 260 g/mol. The number of hydrogen-bond acceptors (Lipinski definition) is 4. The molecule has 94 valence electrons. The van der Waals surface area contributed by atoms with Crippen molar-refractivity contribution < 1.29 is 4.74 Å². The number of pyridine rings is 1. The van der Waals surface area contributed by atoms with E-state index in [0.29, 0.717) is 5.25 Å². The zero-order valence-corrected chi connectivity index (χ0v) is 11.0. The highest BCUT2D eigenvalue weighted by atomic mass is 32.2. The van der Waals surface area contributed by atoms with Crippen molar-refractivity contribution in [2.45, 2.75) is 23.0 Å². The summed E-state index contributed by atoms with van der Waals surface area (Å²) in [6.07, 6.45) is 4.01. The molecule has 2 heterocycles. The van der Waals surface area contributed by atoms with Crippen molar-refractivity contribution in [3.63, 3.8) is 0 Å². The van der Waals surface area contributed by atoms with E-state index in [4.69, 9.17) is 10.5 Å². The van der Waals surface area contributed by atoms with Gasteiger partial charge in [0.2, 0.25) is 0 Å². The summed E-state index contributed by atoms with van der Waals surface area (Å²) < 4.78 is 5.38. The van der Waals surface area contributed by atoms with Gasteiger partial charge in [0, 0.05) is 34.9 Å². The van der Waals surface area contributed by atoms with Gasteiger partial charge in [-0.3, -0.25) is 4.98 Å². The second kappa shape index (κ2) is 5.16. The normalized spacial score (nSPS) is 17.1. The van der Waals surface area contributed by atoms with Crippen LogP contribution in [0.3, 0.4) is 0 Å². The number of anilines is 1. The van der Waals surface area contributed by atoms with Crippen LogP contribution in [0.15, 0.2) is 35.4 Å². The first-order valence-corrected chi connectivity index (χ1v) is 7.10. The summed E-state index contributed by atoms with van der Waals surface area (Å²) in [6, 6.07) is 8.10. The van der Waals surface area contributed by atoms with Gasteiger partial charge in [-0.25, -0.2) is 0 Å². The van der Waals surface area contributed by atoms with Gasteiger partial charge in [-0.05, 0) is 37.1 Å². The molecule has 1 aromatic carbocycles. The lowest BCUT2D eigenvalue weighted by atomic mass is 10.2. The maximum Gasteiger partial charge on any atom is 0.0723 e. The minimum absolute atomic E-state index is 0.621. The van der Waals surface area contributed by atoms with E-state index in [0.717, 1.165) is 42.6 Å². The van der Waals surface area contributed by atoms with Crippen molar-refractivity contribution in [2.75, 3.05) is 18.9 Å². The van der Waals surface area contributed by atoms with E-state index < -0.39 is 0 Å². The number of thioether (sulfide) groups is 1. The molecule has 1 aliphatic heterocycles. The van der Waals surface area contributed by atoms with E-state index in [-0.39, 0.29) is 0 Å². The number of nitrogens with zero attached hydrogens (tertiary/aromatic N) is 1. The van der Waals surface area contributed by atoms with Crippen molar-refractivity contribution in [3.05, 3.63) is 30.5 Å². The zero-order valence-electron chi connectivity index (χ0n) is 10.1. The van der Waals surface area contributed by atoms with Crippen LogP contribution in [0.5, 0.6) is 0 Å². The number of nitrogens with two attached hydrogens (primary N) is 1. The van der Waals surface area contributed by atoms with E-state index in [1.165, 1.54) is 4.90 Å². The lowest BCUT2D eigenvalue weighted by molar-refractivity contribution is 0.100. The molecule has 18 heavy (non-hydrogen) atoms. The Kier molecular flexibility index (Phi) is 3.39. The summed E-state index contributed by atoms with van der Waals surface area (Å²) in [5, 5.41) is 1.67. The zero-order chi connectivity index (χ0) is 12.4. The van der Waals surface area contributed by atoms with E-state index in [9.17, 15) is 0 Å². The highest BCUT2D eigenvalue weighted by Gasteiger charge is 2.16. The van der Waals surface area contributed by atoms with Crippen LogP contribution in [0.4, 0.5) is 5.69 Å². The monoisotopic (exact) mass is 260 g/mol. The van der Waals surface area contributed by atoms with Gasteiger partial charge in [-0.15, -0.1) is 11.8 Å². The molecule has 1 aromatic heterocycles. The molecule has 1 aliphatic rings. The summed E-state index contributed by atoms with van der Waals surface area (Å²) in [6.45, 7) is 1.74. The van der Waals surface area contributed by atoms with Crippen LogP contribution in [0.25, 0.3) is 10.9 Å². The van der Waals surface area contributed by atoms with Gasteiger partial charge in [0.15, 0.2) is 0 Å². The molecule has 0 atom stereocenters. The van der Waals surface area contributed by atoms with Crippen molar-refractivity contribution in [1.29, 1.82) is 0 Å². The topological polar surface area (TPSA) is 48.1 Å². The highest BCUT2D eigenvalue weighted by Crippen LogP contribution is 2.36. The SMILES string of the molecule is Nc1c(SC2CCOCC2)ccc2ncccc12. The first-order valence-electron chi connectivity index (χ1n) is 6.22. The second-order valence-electron chi connectivity index (χ2n) is 4.48. The molecule has 0 spiro atoms. The van der Waals surface area contributed by atoms with Gasteiger partial charge < -0.3 is 10.5 Å². The first kappa shape index (κ1) is 11.8. The summed E-state index contributed by atoms with van der Waals surface area (Å²) in [4.78, 5) is 5.49. The first-order chi connectivity index (χ1) is 8.84. The van der Waals surface area contributed by atoms with Crippen LogP contribution in [0, 0.1) is 0 Å². The maximum absolute atomic E-state index is 6.24. The predicted molar refractivity (Wildman–Crippen MR) is 75.9 cm³/mol. The molecule has 0 saturated carbocycles. The Labute approximate surface area is 111 Å². The fourth-order valence-electron chi connectivity index (χ4n) is 2.23. The third kappa shape index (κ3) is 2.31. The van der Waals surface area contributed by atoms with E-state index in [1.54, 1.807) is 6.20 Å². The van der Waals surface area contributed by atoms with Crippen LogP contribution in [-0.2, 0) is 4.74 Å². The molecule has 0 amide bonds. The number of ether oxygens (including phenoxy) is 1. The van der Waals surface area contributed by atoms with E-state index >= 15 is 0 Å². The number of aromatic nitrogens is 1. The highest BCUT2D eigenvalue weighted by molar-refractivity contribution is 8.00. The van der Waals surface area contributed by atoms with Gasteiger partial charge in [-0.1, -0.05) is 0 Å². The van der Waals surface area contributed by atoms with Crippen LogP contribution in [0.1, 0.15) is 12.8 Å². The maximum atomic E-state index is 6.24. The fraction of sp³-hybridized carbons (Fsp3) is 0.357. The largest absolute Gasteiger partial charge is 0.397 e. The molecule has 2 N–H and O–H groups in total. The lowest BCUT2D eigenvalue weighted by Crippen LogP contribution is -2.17. The smallest absolute Gasteiger partial charge is 0.0723 e. The number of hydrogen-bond donors (Lipinski definition) is 1. The Bertz CT molecular complexity index is 552. The van der Waals surface area contributed by atoms with Crippen LogP contribution >= 0.6 is 11.8 Å². The molecule has 4 heteroatoms. The lowest BCUT2D eigenvalue weighted by Gasteiger charge is -2.22. The number of fused-ring (bicyclic) bond motifs is 1. The van der Waals surface area contributed by atoms with Gasteiger partial charge in [0.1, 0.15) is 0 Å². The quantitative estimate of drug-likeness (QED) is 0.843. The predicted octanol–water partition coefficient (Wildman–Crippen LogP) is 3.09. The molecular formula is C14H16N2OS. The van der Waals surface area contributed by atoms with Crippen molar-refractivity contribution >= 4 is 28.4 Å². The number of benzene rings is 1. The Morgan fingerprint density at radius 3 is 2.89 bits per heavy atom. The van der Waals surface area contributed by atoms with Crippen molar-refractivity contribution in [3.8, 4) is 0 Å². The van der Waals surface area contributed by atoms with Crippen molar-refractivity contribution in [2.24, 2.45) is 0 Å². The minimum atomic E-state index is 0.621. The molecule has 1 saturated heterocycles. The van der Waals surface area contributed by atoms with Crippen molar-refractivity contribution in [1.82, 2.24) is 4.98 Å². The summed E-state index contributed by atoms with van der Waals surface area (Å²) in [7, 11) is 0. The van der Waals surface area contributed by atoms with E-state index in [1.807, 2.05) is 30.0 Å². The Hall–Kier alpha value is -1.26. The minimum Gasteiger partial charge on any atom is -0.397 e. The molecule has 3 rings (SSSR count). The van der Waals surface area contributed by atoms with Gasteiger partial charge >= 0.3 is 0 Å². The molecule has 0 radical (unpaired) electrons. The average Bonchev–Trinajstić information content (AvgIpc) is 2.43. The third-order valence-corrected chi connectivity index (χ3v) is 4.66. The summed E-state index contributed by atoms with van der Waals surface area (Å²) in [5.41, 5.74) is 8.07. The number of rotatable bonds is 2. The molecule has 1 fully saturated rings. The van der Waals surface area contributed by atoms with Crippen LogP contribution in [0.2, 0.25) is 0 Å². The molecule has 0 bridgehead atoms. The van der Waals surface area contributed by atoms with Gasteiger partial charge in [0.05, 0.1) is 11.2 Å². The summed E-state index contributed by atoms with van der Waals surface area (Å²) in [5.74, 6) is 0. The van der Waals surface area contributed by atoms with Gasteiger partial charge in [-0.2, -0.15) is 0 Å². The molecule has 0 aliphatic carbocycles. The second-order valence-corrected chi connectivity index (χ2v) is 5.82. The van der Waals surface area contributed by atoms with Gasteiger partial charge in [0.25, 0.3) is 0 Å². The molecule has 3 nitrogen and oxygen atoms in total. The van der Waals surface area contributed by atoms with E-state index in [2.05, 4.69) is 11.1 Å². The number of nitrogen functional groups attached to an aromatic ring is 1. The molecular weight excluding hydrogens is 244 g/mol. The summed E-state index contributed by atoms with van der Waals surface area (Å²) >= 11 is 1.87. The van der Waals surface area contributed by atoms with Crippen LogP contribution in [-0.4, -0.2) is 23.4 Å².